The fraction of sp³-hybridized carbons (Fsp3) is 0.565. The van der Waals surface area contributed by atoms with Gasteiger partial charge in [0.2, 0.25) is 5.75 Å². The number of rotatable bonds is 6. The Hall–Kier alpha value is -2.41. The van der Waals surface area contributed by atoms with Gasteiger partial charge in [-0.1, -0.05) is 11.6 Å². The summed E-state index contributed by atoms with van der Waals surface area (Å²) in [5.74, 6) is 3.67. The van der Waals surface area contributed by atoms with Crippen LogP contribution in [0.25, 0.3) is 0 Å². The van der Waals surface area contributed by atoms with Gasteiger partial charge < -0.3 is 19.5 Å². The first-order valence-corrected chi connectivity index (χ1v) is 11.2. The predicted octanol–water partition coefficient (Wildman–Crippen LogP) is 4.59. The molecule has 0 aliphatic heterocycles. The molecule has 0 radical (unpaired) electrons. The molecular weight excluding hydrogens is 418 g/mol. The summed E-state index contributed by atoms with van der Waals surface area (Å²) in [6.45, 7) is 0. The highest BCUT2D eigenvalue weighted by atomic mass is 35.5. The number of hydrogen-bond donors (Lipinski definition) is 1. The van der Waals surface area contributed by atoms with Crippen LogP contribution in [0, 0.1) is 17.8 Å². The van der Waals surface area contributed by atoms with Crippen molar-refractivity contribution in [1.29, 1.82) is 0 Å². The summed E-state index contributed by atoms with van der Waals surface area (Å²) >= 11 is 6.57. The van der Waals surface area contributed by atoms with Crippen LogP contribution in [0.15, 0.2) is 23.1 Å². The molecule has 2 aromatic rings. The highest BCUT2D eigenvalue weighted by Gasteiger charge is 2.53. The normalized spacial score (nSPS) is 28.5. The minimum absolute atomic E-state index is 0.152. The zero-order chi connectivity index (χ0) is 21.8. The van der Waals surface area contributed by atoms with Crippen molar-refractivity contribution in [2.24, 2.45) is 17.8 Å². The number of aromatic nitrogens is 2. The van der Waals surface area contributed by atoms with Crippen LogP contribution in [0.3, 0.4) is 0 Å². The maximum Gasteiger partial charge on any atom is 0.288 e. The summed E-state index contributed by atoms with van der Waals surface area (Å²) in [7, 11) is 4.67. The summed E-state index contributed by atoms with van der Waals surface area (Å²) in [6.07, 6.45) is 8.71. The fourth-order valence-corrected chi connectivity index (χ4v) is 6.67. The average Bonchev–Trinajstić information content (AvgIpc) is 2.75. The third-order valence-electron chi connectivity index (χ3n) is 7.32. The summed E-state index contributed by atoms with van der Waals surface area (Å²) in [6, 6.07) is 3.53. The van der Waals surface area contributed by atoms with E-state index in [9.17, 15) is 4.79 Å². The molecule has 4 bridgehead atoms. The standard InChI is InChI=1S/C23H28ClN3O4/c1-29-18-7-16(8-19(30-2)21(18)31-3)26-17-12-25-27(22(28)20(17)24)23-9-13-4-14(10-23)6-15(5-13)11-23/h7-8,12-15,26H,4-6,9-11H2,1-3H3. The van der Waals surface area contributed by atoms with Crippen LogP contribution >= 0.6 is 11.6 Å². The van der Waals surface area contributed by atoms with Crippen molar-refractivity contribution in [3.63, 3.8) is 0 Å². The van der Waals surface area contributed by atoms with E-state index in [0.29, 0.717) is 28.6 Å². The Kier molecular flexibility index (Phi) is 5.04. The lowest BCUT2D eigenvalue weighted by Gasteiger charge is -2.56. The predicted molar refractivity (Wildman–Crippen MR) is 119 cm³/mol. The largest absolute Gasteiger partial charge is 0.493 e. The van der Waals surface area contributed by atoms with E-state index in [0.717, 1.165) is 37.0 Å². The van der Waals surface area contributed by atoms with Gasteiger partial charge in [0.15, 0.2) is 11.5 Å². The summed E-state index contributed by atoms with van der Waals surface area (Å²) in [5.41, 5.74) is 0.730. The van der Waals surface area contributed by atoms with Crippen LogP contribution in [-0.2, 0) is 5.54 Å². The number of hydrogen-bond acceptors (Lipinski definition) is 6. The average molecular weight is 446 g/mol. The summed E-state index contributed by atoms with van der Waals surface area (Å²) < 4.78 is 17.9. The lowest BCUT2D eigenvalue weighted by atomic mass is 9.53. The van der Waals surface area contributed by atoms with Gasteiger partial charge in [-0.2, -0.15) is 5.10 Å². The van der Waals surface area contributed by atoms with Gasteiger partial charge >= 0.3 is 0 Å². The number of methoxy groups -OCH3 is 3. The molecule has 4 aliphatic rings. The molecule has 1 N–H and O–H groups in total. The van der Waals surface area contributed by atoms with Crippen LogP contribution in [-0.4, -0.2) is 31.1 Å². The van der Waals surface area contributed by atoms with Crippen LogP contribution in [0.2, 0.25) is 5.02 Å². The van der Waals surface area contributed by atoms with Crippen molar-refractivity contribution in [3.05, 3.63) is 33.7 Å². The lowest BCUT2D eigenvalue weighted by molar-refractivity contribution is -0.0518. The van der Waals surface area contributed by atoms with Gasteiger partial charge in [0, 0.05) is 17.8 Å². The Morgan fingerprint density at radius 2 is 1.55 bits per heavy atom. The zero-order valence-corrected chi connectivity index (χ0v) is 18.9. The van der Waals surface area contributed by atoms with Gasteiger partial charge in [-0.25, -0.2) is 4.68 Å². The maximum absolute atomic E-state index is 13.3. The van der Waals surface area contributed by atoms with Crippen LogP contribution in [0.4, 0.5) is 11.4 Å². The minimum Gasteiger partial charge on any atom is -0.493 e. The smallest absolute Gasteiger partial charge is 0.288 e. The maximum atomic E-state index is 13.3. The van der Waals surface area contributed by atoms with E-state index < -0.39 is 0 Å². The highest BCUT2D eigenvalue weighted by molar-refractivity contribution is 6.33. The molecule has 1 heterocycles. The number of anilines is 2. The first-order valence-electron chi connectivity index (χ1n) is 10.8. The molecule has 166 valence electrons. The van der Waals surface area contributed by atoms with Crippen molar-refractivity contribution >= 4 is 23.0 Å². The molecule has 0 saturated heterocycles. The van der Waals surface area contributed by atoms with Crippen molar-refractivity contribution in [2.45, 2.75) is 44.1 Å². The van der Waals surface area contributed by atoms with Crippen molar-refractivity contribution in [3.8, 4) is 17.2 Å². The molecule has 4 saturated carbocycles. The fourth-order valence-electron chi connectivity index (χ4n) is 6.49. The second kappa shape index (κ2) is 7.62. The number of nitrogens with zero attached hydrogens (tertiary/aromatic N) is 2. The third-order valence-corrected chi connectivity index (χ3v) is 7.68. The van der Waals surface area contributed by atoms with Crippen LogP contribution in [0.5, 0.6) is 17.2 Å². The summed E-state index contributed by atoms with van der Waals surface area (Å²) in [4.78, 5) is 13.3. The van der Waals surface area contributed by atoms with Crippen LogP contribution in [0.1, 0.15) is 38.5 Å². The topological polar surface area (TPSA) is 74.6 Å². The molecule has 7 nitrogen and oxygen atoms in total. The van der Waals surface area contributed by atoms with Gasteiger partial charge in [0.25, 0.3) is 5.56 Å². The number of nitrogens with one attached hydrogen (secondary N) is 1. The van der Waals surface area contributed by atoms with Crippen molar-refractivity contribution in [2.75, 3.05) is 26.6 Å². The molecule has 1 aromatic heterocycles. The first-order chi connectivity index (χ1) is 15.0. The molecule has 31 heavy (non-hydrogen) atoms. The molecule has 1 aromatic carbocycles. The SMILES string of the molecule is COc1cc(Nc2cnn(C34CC5CC(CC(C5)C3)C4)c(=O)c2Cl)cc(OC)c1OC. The number of benzene rings is 1. The van der Waals surface area contributed by atoms with Crippen LogP contribution < -0.4 is 25.1 Å². The van der Waals surface area contributed by atoms with Gasteiger partial charge in [-0.3, -0.25) is 4.79 Å². The van der Waals surface area contributed by atoms with E-state index in [4.69, 9.17) is 25.8 Å². The third kappa shape index (κ3) is 3.34. The van der Waals surface area contributed by atoms with E-state index in [1.54, 1.807) is 44.3 Å². The van der Waals surface area contributed by atoms with Crippen molar-refractivity contribution in [1.82, 2.24) is 9.78 Å². The number of ether oxygens (including phenoxy) is 3. The molecule has 4 aliphatic carbocycles. The molecular formula is C23H28ClN3O4. The Morgan fingerprint density at radius 3 is 2.03 bits per heavy atom. The van der Waals surface area contributed by atoms with E-state index in [1.165, 1.54) is 19.3 Å². The second-order valence-electron chi connectivity index (χ2n) is 9.27. The van der Waals surface area contributed by atoms with E-state index in [2.05, 4.69) is 10.4 Å². The Bertz CT molecular complexity index is 1010. The van der Waals surface area contributed by atoms with E-state index >= 15 is 0 Å². The molecule has 0 amide bonds. The van der Waals surface area contributed by atoms with E-state index in [-0.39, 0.29) is 16.1 Å². The highest BCUT2D eigenvalue weighted by Crippen LogP contribution is 2.58. The van der Waals surface area contributed by atoms with E-state index in [1.807, 2.05) is 0 Å². The number of halogens is 1. The monoisotopic (exact) mass is 445 g/mol. The van der Waals surface area contributed by atoms with Gasteiger partial charge in [-0.15, -0.1) is 0 Å². The molecule has 0 unspecified atom stereocenters. The molecule has 6 rings (SSSR count). The van der Waals surface area contributed by atoms with Gasteiger partial charge in [0.05, 0.1) is 38.8 Å². The molecule has 8 heteroatoms. The van der Waals surface area contributed by atoms with Gasteiger partial charge in [-0.05, 0) is 56.3 Å². The van der Waals surface area contributed by atoms with Gasteiger partial charge in [0.1, 0.15) is 5.02 Å². The summed E-state index contributed by atoms with van der Waals surface area (Å²) in [5, 5.41) is 7.96. The molecule has 0 atom stereocenters. The Balaban J connectivity index is 1.48. The Labute approximate surface area is 186 Å². The molecule has 4 fully saturated rings. The first kappa shape index (κ1) is 20.5. The quantitative estimate of drug-likeness (QED) is 0.700. The van der Waals surface area contributed by atoms with Crippen molar-refractivity contribution < 1.29 is 14.2 Å². The molecule has 0 spiro atoms. The second-order valence-corrected chi connectivity index (χ2v) is 9.65. The zero-order valence-electron chi connectivity index (χ0n) is 18.1. The lowest BCUT2D eigenvalue weighted by Crippen LogP contribution is -2.55. The Morgan fingerprint density at radius 1 is 1.00 bits per heavy atom. The minimum atomic E-state index is -0.221.